The van der Waals surface area contributed by atoms with Crippen molar-refractivity contribution in [2.45, 2.75) is 32.1 Å². The molecule has 0 radical (unpaired) electrons. The topological polar surface area (TPSA) is 69.1 Å². The third-order valence-corrected chi connectivity index (χ3v) is 3.41. The molecule has 0 aromatic carbocycles. The van der Waals surface area contributed by atoms with Gasteiger partial charge >= 0.3 is 0 Å². The molecular formula is C11H15N5. The number of hydrogen-bond donors (Lipinski definition) is 1. The average Bonchev–Trinajstić information content (AvgIpc) is 2.92. The van der Waals surface area contributed by atoms with Gasteiger partial charge in [0, 0.05) is 23.3 Å². The first-order chi connectivity index (χ1) is 7.66. The van der Waals surface area contributed by atoms with Crippen LogP contribution in [0, 0.1) is 13.8 Å². The molecule has 0 spiro atoms. The van der Waals surface area contributed by atoms with E-state index in [-0.39, 0.29) is 5.41 Å². The van der Waals surface area contributed by atoms with E-state index in [2.05, 4.69) is 22.1 Å². The molecule has 0 saturated heterocycles. The van der Waals surface area contributed by atoms with Gasteiger partial charge in [0.25, 0.3) is 5.78 Å². The predicted octanol–water partition coefficient (Wildman–Crippen LogP) is 0.731. The quantitative estimate of drug-likeness (QED) is 0.805. The molecule has 1 aliphatic carbocycles. The summed E-state index contributed by atoms with van der Waals surface area (Å²) in [4.78, 5) is 4.38. The first kappa shape index (κ1) is 9.72. The summed E-state index contributed by atoms with van der Waals surface area (Å²) in [6, 6.07) is 2.05. The Bertz CT molecular complexity index is 553. The van der Waals surface area contributed by atoms with Crippen molar-refractivity contribution in [3.63, 3.8) is 0 Å². The van der Waals surface area contributed by atoms with Crippen LogP contribution in [-0.2, 0) is 5.41 Å². The van der Waals surface area contributed by atoms with E-state index in [1.54, 1.807) is 0 Å². The van der Waals surface area contributed by atoms with E-state index in [0.29, 0.717) is 12.3 Å². The lowest BCUT2D eigenvalue weighted by Gasteiger charge is -2.11. The van der Waals surface area contributed by atoms with Crippen molar-refractivity contribution in [3.05, 3.63) is 23.3 Å². The van der Waals surface area contributed by atoms with Crippen LogP contribution in [0.2, 0.25) is 0 Å². The number of fused-ring (bicyclic) bond motifs is 1. The van der Waals surface area contributed by atoms with E-state index in [0.717, 1.165) is 30.1 Å². The Morgan fingerprint density at radius 3 is 2.75 bits per heavy atom. The molecule has 1 fully saturated rings. The van der Waals surface area contributed by atoms with Gasteiger partial charge in [-0.3, -0.25) is 4.40 Å². The monoisotopic (exact) mass is 217 g/mol. The molecule has 84 valence electrons. The molecule has 5 heteroatoms. The predicted molar refractivity (Wildman–Crippen MR) is 60.2 cm³/mol. The zero-order valence-electron chi connectivity index (χ0n) is 9.56. The van der Waals surface area contributed by atoms with Crippen molar-refractivity contribution in [2.24, 2.45) is 5.73 Å². The number of nitrogens with zero attached hydrogens (tertiary/aromatic N) is 4. The standard InChI is InChI=1S/C11H15N5/c1-7-5-8(2)16-9(11(6-12)3-4-11)14-15-10(16)13-7/h5H,3-4,6,12H2,1-2H3. The van der Waals surface area contributed by atoms with Crippen molar-refractivity contribution < 1.29 is 0 Å². The summed E-state index contributed by atoms with van der Waals surface area (Å²) < 4.78 is 2.03. The van der Waals surface area contributed by atoms with Crippen LogP contribution in [0.3, 0.4) is 0 Å². The van der Waals surface area contributed by atoms with Gasteiger partial charge in [-0.1, -0.05) is 0 Å². The molecule has 1 saturated carbocycles. The first-order valence-corrected chi connectivity index (χ1v) is 5.56. The molecule has 16 heavy (non-hydrogen) atoms. The number of nitrogens with two attached hydrogens (primary N) is 1. The molecule has 2 N–H and O–H groups in total. The molecule has 3 rings (SSSR count). The average molecular weight is 217 g/mol. The Kier molecular flexibility index (Phi) is 1.83. The van der Waals surface area contributed by atoms with E-state index < -0.39 is 0 Å². The fraction of sp³-hybridized carbons (Fsp3) is 0.545. The second-order valence-corrected chi connectivity index (χ2v) is 4.68. The number of aryl methyl sites for hydroxylation is 2. The van der Waals surface area contributed by atoms with Gasteiger partial charge in [0.1, 0.15) is 5.82 Å². The summed E-state index contributed by atoms with van der Waals surface area (Å²) in [5.41, 5.74) is 7.99. The molecule has 2 heterocycles. The van der Waals surface area contributed by atoms with Crippen LogP contribution in [-0.4, -0.2) is 26.1 Å². The van der Waals surface area contributed by atoms with Gasteiger partial charge in [0.15, 0.2) is 0 Å². The van der Waals surface area contributed by atoms with Gasteiger partial charge in [0.2, 0.25) is 0 Å². The lowest BCUT2D eigenvalue weighted by molar-refractivity contribution is 0.635. The molecule has 0 amide bonds. The fourth-order valence-electron chi connectivity index (χ4n) is 2.24. The summed E-state index contributed by atoms with van der Waals surface area (Å²) >= 11 is 0. The first-order valence-electron chi connectivity index (χ1n) is 5.56. The van der Waals surface area contributed by atoms with Crippen molar-refractivity contribution in [1.82, 2.24) is 19.6 Å². The third-order valence-electron chi connectivity index (χ3n) is 3.41. The highest BCUT2D eigenvalue weighted by molar-refractivity contribution is 5.36. The fourth-order valence-corrected chi connectivity index (χ4v) is 2.24. The molecule has 5 nitrogen and oxygen atoms in total. The molecular weight excluding hydrogens is 202 g/mol. The van der Waals surface area contributed by atoms with E-state index in [1.165, 1.54) is 0 Å². The summed E-state index contributed by atoms with van der Waals surface area (Å²) in [7, 11) is 0. The smallest absolute Gasteiger partial charge is 0.255 e. The SMILES string of the molecule is Cc1cc(C)n2c(C3(CN)CC3)nnc2n1. The Hall–Kier alpha value is -1.49. The molecule has 2 aromatic rings. The lowest BCUT2D eigenvalue weighted by Crippen LogP contribution is -2.23. The maximum Gasteiger partial charge on any atom is 0.255 e. The zero-order chi connectivity index (χ0) is 11.3. The van der Waals surface area contributed by atoms with E-state index in [4.69, 9.17) is 5.73 Å². The highest BCUT2D eigenvalue weighted by atomic mass is 15.3. The second kappa shape index (κ2) is 3.01. The van der Waals surface area contributed by atoms with Crippen LogP contribution < -0.4 is 5.73 Å². The van der Waals surface area contributed by atoms with Gasteiger partial charge < -0.3 is 5.73 Å². The highest BCUT2D eigenvalue weighted by Crippen LogP contribution is 2.46. The van der Waals surface area contributed by atoms with E-state index in [9.17, 15) is 0 Å². The van der Waals surface area contributed by atoms with Gasteiger partial charge in [-0.05, 0) is 32.8 Å². The minimum atomic E-state index is 0.0567. The summed E-state index contributed by atoms with van der Waals surface area (Å²) in [6.07, 6.45) is 2.22. The van der Waals surface area contributed by atoms with Crippen molar-refractivity contribution in [3.8, 4) is 0 Å². The molecule has 0 bridgehead atoms. The van der Waals surface area contributed by atoms with Crippen LogP contribution >= 0.6 is 0 Å². The Morgan fingerprint density at radius 1 is 1.38 bits per heavy atom. The van der Waals surface area contributed by atoms with Crippen molar-refractivity contribution in [1.29, 1.82) is 0 Å². The minimum Gasteiger partial charge on any atom is -0.329 e. The van der Waals surface area contributed by atoms with E-state index in [1.807, 2.05) is 17.4 Å². The van der Waals surface area contributed by atoms with Crippen LogP contribution in [0.15, 0.2) is 6.07 Å². The van der Waals surface area contributed by atoms with Crippen LogP contribution in [0.1, 0.15) is 30.1 Å². The summed E-state index contributed by atoms with van der Waals surface area (Å²) in [6.45, 7) is 4.67. The molecule has 0 aliphatic heterocycles. The van der Waals surface area contributed by atoms with Crippen LogP contribution in [0.5, 0.6) is 0 Å². The van der Waals surface area contributed by atoms with Crippen LogP contribution in [0.25, 0.3) is 5.78 Å². The number of hydrogen-bond acceptors (Lipinski definition) is 4. The largest absolute Gasteiger partial charge is 0.329 e. The molecule has 0 unspecified atom stereocenters. The van der Waals surface area contributed by atoms with Crippen LogP contribution in [0.4, 0.5) is 0 Å². The molecule has 2 aromatic heterocycles. The van der Waals surface area contributed by atoms with E-state index >= 15 is 0 Å². The van der Waals surface area contributed by atoms with Gasteiger partial charge in [0.05, 0.1) is 0 Å². The molecule has 1 aliphatic rings. The second-order valence-electron chi connectivity index (χ2n) is 4.68. The number of rotatable bonds is 2. The van der Waals surface area contributed by atoms with Gasteiger partial charge in [-0.2, -0.15) is 0 Å². The van der Waals surface area contributed by atoms with Crippen molar-refractivity contribution in [2.75, 3.05) is 6.54 Å². The zero-order valence-corrected chi connectivity index (χ0v) is 9.56. The van der Waals surface area contributed by atoms with Gasteiger partial charge in [-0.15, -0.1) is 10.2 Å². The number of aromatic nitrogens is 4. The maximum absolute atomic E-state index is 5.83. The molecule has 0 atom stereocenters. The summed E-state index contributed by atoms with van der Waals surface area (Å²) in [5.74, 6) is 1.67. The Balaban J connectivity index is 2.28. The minimum absolute atomic E-state index is 0.0567. The Labute approximate surface area is 93.7 Å². The normalized spacial score (nSPS) is 17.9. The van der Waals surface area contributed by atoms with Gasteiger partial charge in [-0.25, -0.2) is 4.98 Å². The summed E-state index contributed by atoms with van der Waals surface area (Å²) in [5, 5.41) is 8.41. The van der Waals surface area contributed by atoms with Crippen molar-refractivity contribution >= 4 is 5.78 Å². The third kappa shape index (κ3) is 1.18. The highest BCUT2D eigenvalue weighted by Gasteiger charge is 2.47. The Morgan fingerprint density at radius 2 is 2.12 bits per heavy atom. The lowest BCUT2D eigenvalue weighted by atomic mass is 10.1. The maximum atomic E-state index is 5.83.